The number of hydrogen-bond acceptors (Lipinski definition) is 4. The summed E-state index contributed by atoms with van der Waals surface area (Å²) in [5.74, 6) is 0.919. The second kappa shape index (κ2) is 9.32. The van der Waals surface area contributed by atoms with Gasteiger partial charge in [-0.05, 0) is 48.6 Å². The van der Waals surface area contributed by atoms with Crippen LogP contribution in [-0.2, 0) is 11.2 Å². The topological polar surface area (TPSA) is 77.2 Å². The number of rotatable bonds is 9. The first-order chi connectivity index (χ1) is 11.2. The Morgan fingerprint density at radius 2 is 2.26 bits per heavy atom. The van der Waals surface area contributed by atoms with Crippen molar-refractivity contribution in [3.63, 3.8) is 0 Å². The molecule has 1 amide bonds. The minimum Gasteiger partial charge on any atom is -0.361 e. The van der Waals surface area contributed by atoms with Gasteiger partial charge in [0.05, 0.1) is 0 Å². The summed E-state index contributed by atoms with van der Waals surface area (Å²) in [6.07, 6.45) is 6.40. The predicted octanol–water partition coefficient (Wildman–Crippen LogP) is 3.08. The van der Waals surface area contributed by atoms with Crippen LogP contribution in [0.1, 0.15) is 18.4 Å². The molecule has 126 valence electrons. The molecule has 0 spiro atoms. The van der Waals surface area contributed by atoms with Gasteiger partial charge in [-0.1, -0.05) is 15.9 Å². The summed E-state index contributed by atoms with van der Waals surface area (Å²) in [6, 6.07) is 5.30. The van der Waals surface area contributed by atoms with E-state index in [0.29, 0.717) is 13.0 Å². The van der Waals surface area contributed by atoms with Gasteiger partial charge in [-0.2, -0.15) is 17.2 Å². The summed E-state index contributed by atoms with van der Waals surface area (Å²) >= 11 is 5.26. The molecular formula is C16H22BrN3O2S. The monoisotopic (exact) mass is 399 g/mol. The molecule has 0 radical (unpaired) electrons. The van der Waals surface area contributed by atoms with Gasteiger partial charge in [0.15, 0.2) is 0 Å². The molecule has 4 N–H and O–H groups in total. The maximum absolute atomic E-state index is 12.2. The molecular weight excluding hydrogens is 378 g/mol. The summed E-state index contributed by atoms with van der Waals surface area (Å²) in [4.78, 5) is 15.4. The Morgan fingerprint density at radius 3 is 3.00 bits per heavy atom. The molecule has 0 saturated heterocycles. The lowest BCUT2D eigenvalue weighted by Crippen LogP contribution is -2.44. The van der Waals surface area contributed by atoms with Gasteiger partial charge in [0.2, 0.25) is 5.91 Å². The van der Waals surface area contributed by atoms with Crippen LogP contribution >= 0.6 is 27.7 Å². The molecule has 0 saturated carbocycles. The molecule has 1 unspecified atom stereocenters. The third-order valence-corrected chi connectivity index (χ3v) is 4.89. The first-order valence-electron chi connectivity index (χ1n) is 7.57. The van der Waals surface area contributed by atoms with Gasteiger partial charge in [0.25, 0.3) is 0 Å². The minimum atomic E-state index is -0.659. The van der Waals surface area contributed by atoms with Gasteiger partial charge in [-0.3, -0.25) is 4.79 Å². The molecule has 0 aliphatic rings. The largest absolute Gasteiger partial charge is 0.361 e. The van der Waals surface area contributed by atoms with Gasteiger partial charge in [0, 0.05) is 34.5 Å². The number of aromatic nitrogens is 1. The van der Waals surface area contributed by atoms with Gasteiger partial charge in [-0.25, -0.2) is 0 Å². The second-order valence-corrected chi connectivity index (χ2v) is 7.28. The fraction of sp³-hybridized carbons (Fsp3) is 0.438. The predicted molar refractivity (Wildman–Crippen MR) is 99.0 cm³/mol. The number of unbranched alkanes of at least 4 members (excludes halogenated alkanes) is 1. The average molecular weight is 400 g/mol. The summed E-state index contributed by atoms with van der Waals surface area (Å²) < 4.78 is 0.984. The molecule has 2 aromatic rings. The Balaban J connectivity index is 1.95. The molecule has 1 heterocycles. The molecule has 5 nitrogen and oxygen atoms in total. The summed E-state index contributed by atoms with van der Waals surface area (Å²) in [5.41, 5.74) is 4.13. The van der Waals surface area contributed by atoms with Crippen LogP contribution in [0.4, 0.5) is 0 Å². The minimum absolute atomic E-state index is 0.180. The molecule has 7 heteroatoms. The SMILES string of the molecule is CSCCCCNC(=O)C(Cc1c[nH]c2ccc(Br)cc12)NO. The van der Waals surface area contributed by atoms with E-state index in [1.54, 1.807) is 11.8 Å². The number of hydroxylamine groups is 1. The quantitative estimate of drug-likeness (QED) is 0.386. The maximum Gasteiger partial charge on any atom is 0.239 e. The van der Waals surface area contributed by atoms with E-state index in [4.69, 9.17) is 0 Å². The Labute approximate surface area is 148 Å². The van der Waals surface area contributed by atoms with Crippen LogP contribution < -0.4 is 10.8 Å². The number of thioether (sulfide) groups is 1. The summed E-state index contributed by atoms with van der Waals surface area (Å²) in [6.45, 7) is 0.636. The molecule has 0 fully saturated rings. The molecule has 0 aliphatic heterocycles. The fourth-order valence-electron chi connectivity index (χ4n) is 2.44. The van der Waals surface area contributed by atoms with Crippen molar-refractivity contribution >= 4 is 44.5 Å². The average Bonchev–Trinajstić information content (AvgIpc) is 2.94. The maximum atomic E-state index is 12.2. The van der Waals surface area contributed by atoms with E-state index in [1.807, 2.05) is 24.4 Å². The van der Waals surface area contributed by atoms with Crippen molar-refractivity contribution in [2.24, 2.45) is 0 Å². The zero-order valence-corrected chi connectivity index (χ0v) is 15.5. The van der Waals surface area contributed by atoms with Crippen LogP contribution in [0.3, 0.4) is 0 Å². The van der Waals surface area contributed by atoms with Crippen LogP contribution in [0.2, 0.25) is 0 Å². The Kier molecular flexibility index (Phi) is 7.42. The molecule has 0 bridgehead atoms. The number of fused-ring (bicyclic) bond motifs is 1. The number of aromatic amines is 1. The zero-order chi connectivity index (χ0) is 16.7. The number of carbonyl (C=O) groups excluding carboxylic acids is 1. The third-order valence-electron chi connectivity index (χ3n) is 3.70. The number of hydrogen-bond donors (Lipinski definition) is 4. The van der Waals surface area contributed by atoms with Crippen LogP contribution in [0, 0.1) is 0 Å². The number of benzene rings is 1. The lowest BCUT2D eigenvalue weighted by molar-refractivity contribution is -0.125. The van der Waals surface area contributed by atoms with Gasteiger partial charge >= 0.3 is 0 Å². The molecule has 1 atom stereocenters. The number of amides is 1. The van der Waals surface area contributed by atoms with Crippen molar-refractivity contribution in [1.82, 2.24) is 15.8 Å². The van der Waals surface area contributed by atoms with Crippen molar-refractivity contribution < 1.29 is 10.0 Å². The molecule has 2 rings (SSSR count). The van der Waals surface area contributed by atoms with E-state index in [2.05, 4.69) is 38.0 Å². The van der Waals surface area contributed by atoms with Gasteiger partial charge < -0.3 is 15.5 Å². The van der Waals surface area contributed by atoms with Crippen LogP contribution in [0.15, 0.2) is 28.9 Å². The normalized spacial score (nSPS) is 12.5. The van der Waals surface area contributed by atoms with E-state index in [0.717, 1.165) is 39.5 Å². The lowest BCUT2D eigenvalue weighted by Gasteiger charge is -2.14. The van der Waals surface area contributed by atoms with Crippen molar-refractivity contribution in [3.8, 4) is 0 Å². The highest BCUT2D eigenvalue weighted by atomic mass is 79.9. The molecule has 23 heavy (non-hydrogen) atoms. The van der Waals surface area contributed by atoms with E-state index in [1.165, 1.54) is 0 Å². The first-order valence-corrected chi connectivity index (χ1v) is 9.76. The number of nitrogens with one attached hydrogen (secondary N) is 3. The van der Waals surface area contributed by atoms with E-state index < -0.39 is 6.04 Å². The Morgan fingerprint density at radius 1 is 1.43 bits per heavy atom. The molecule has 0 aliphatic carbocycles. The van der Waals surface area contributed by atoms with Crippen molar-refractivity contribution in [3.05, 3.63) is 34.4 Å². The standard InChI is InChI=1S/C16H22BrN3O2S/c1-23-7-3-2-6-18-16(21)15(20-22)8-11-10-19-14-5-4-12(17)9-13(11)14/h4-5,9-10,15,19-20,22H,2-3,6-8H2,1H3,(H,18,21). The second-order valence-electron chi connectivity index (χ2n) is 5.38. The molecule has 1 aromatic heterocycles. The van der Waals surface area contributed by atoms with Crippen molar-refractivity contribution in [1.29, 1.82) is 0 Å². The van der Waals surface area contributed by atoms with E-state index in [9.17, 15) is 10.0 Å². The van der Waals surface area contributed by atoms with Crippen molar-refractivity contribution in [2.45, 2.75) is 25.3 Å². The number of H-pyrrole nitrogens is 1. The Hall–Kier alpha value is -1.02. The van der Waals surface area contributed by atoms with Gasteiger partial charge in [0.1, 0.15) is 6.04 Å². The van der Waals surface area contributed by atoms with Crippen LogP contribution in [0.25, 0.3) is 10.9 Å². The zero-order valence-electron chi connectivity index (χ0n) is 13.1. The first kappa shape index (κ1) is 18.3. The summed E-state index contributed by atoms with van der Waals surface area (Å²) in [7, 11) is 0. The highest BCUT2D eigenvalue weighted by molar-refractivity contribution is 9.10. The lowest BCUT2D eigenvalue weighted by atomic mass is 10.0. The highest BCUT2D eigenvalue weighted by Gasteiger charge is 2.19. The number of carbonyl (C=O) groups is 1. The Bertz CT molecular complexity index is 647. The third kappa shape index (κ3) is 5.24. The van der Waals surface area contributed by atoms with E-state index >= 15 is 0 Å². The smallest absolute Gasteiger partial charge is 0.239 e. The van der Waals surface area contributed by atoms with Crippen LogP contribution in [-0.4, -0.2) is 40.7 Å². The van der Waals surface area contributed by atoms with E-state index in [-0.39, 0.29) is 5.91 Å². The van der Waals surface area contributed by atoms with Crippen LogP contribution in [0.5, 0.6) is 0 Å². The summed E-state index contributed by atoms with van der Waals surface area (Å²) in [5, 5.41) is 13.3. The number of halogens is 1. The highest BCUT2D eigenvalue weighted by Crippen LogP contribution is 2.23. The molecule has 1 aromatic carbocycles. The van der Waals surface area contributed by atoms with Crippen molar-refractivity contribution in [2.75, 3.05) is 18.6 Å². The van der Waals surface area contributed by atoms with Gasteiger partial charge in [-0.15, -0.1) is 0 Å². The fourth-order valence-corrected chi connectivity index (χ4v) is 3.30.